The quantitative estimate of drug-likeness (QED) is 0.253. The molecule has 35 heavy (non-hydrogen) atoms. The third-order valence-electron chi connectivity index (χ3n) is 7.29. The summed E-state index contributed by atoms with van der Waals surface area (Å²) >= 11 is 2.16. The number of amides is 2. The molecule has 6 nitrogen and oxygen atoms in total. The van der Waals surface area contributed by atoms with Crippen molar-refractivity contribution in [2.75, 3.05) is 4.90 Å². The van der Waals surface area contributed by atoms with Crippen LogP contribution >= 0.6 is 22.6 Å². The van der Waals surface area contributed by atoms with Gasteiger partial charge in [-0.05, 0) is 65.8 Å². The Morgan fingerprint density at radius 2 is 1.51 bits per heavy atom. The first-order valence-electron chi connectivity index (χ1n) is 11.3. The van der Waals surface area contributed by atoms with E-state index in [0.29, 0.717) is 11.3 Å². The van der Waals surface area contributed by atoms with Crippen LogP contribution in [-0.2, 0) is 14.3 Å². The van der Waals surface area contributed by atoms with Crippen molar-refractivity contribution < 1.29 is 23.9 Å². The van der Waals surface area contributed by atoms with E-state index in [4.69, 9.17) is 4.74 Å². The smallest absolute Gasteiger partial charge is 0.241 e. The molecule has 3 atom stereocenters. The number of rotatable bonds is 2. The second-order valence-corrected chi connectivity index (χ2v) is 10.6. The van der Waals surface area contributed by atoms with E-state index in [1.165, 1.54) is 0 Å². The fraction of sp³-hybridized carbons (Fsp3) is 0.214. The van der Waals surface area contributed by atoms with E-state index in [9.17, 15) is 19.2 Å². The van der Waals surface area contributed by atoms with Crippen molar-refractivity contribution >= 4 is 51.7 Å². The van der Waals surface area contributed by atoms with Crippen LogP contribution in [0.25, 0.3) is 0 Å². The van der Waals surface area contributed by atoms with E-state index in [0.717, 1.165) is 19.6 Å². The second-order valence-electron chi connectivity index (χ2n) is 9.34. The lowest BCUT2D eigenvalue weighted by atomic mass is 9.77. The number of aryl methyl sites for hydroxylation is 2. The van der Waals surface area contributed by atoms with Gasteiger partial charge in [-0.15, -0.1) is 0 Å². The van der Waals surface area contributed by atoms with Crippen LogP contribution in [0.1, 0.15) is 43.5 Å². The summed E-state index contributed by atoms with van der Waals surface area (Å²) in [5.74, 6) is -4.37. The van der Waals surface area contributed by atoms with Crippen molar-refractivity contribution in [2.45, 2.75) is 25.6 Å². The zero-order valence-corrected chi connectivity index (χ0v) is 21.1. The van der Waals surface area contributed by atoms with Gasteiger partial charge in [0, 0.05) is 14.7 Å². The molecule has 3 unspecified atom stereocenters. The molecule has 0 N–H and O–H groups in total. The van der Waals surface area contributed by atoms with Crippen molar-refractivity contribution in [1.29, 1.82) is 0 Å². The van der Waals surface area contributed by atoms with Gasteiger partial charge in [0.15, 0.2) is 0 Å². The first kappa shape index (κ1) is 22.3. The summed E-state index contributed by atoms with van der Waals surface area (Å²) in [7, 11) is 0. The van der Waals surface area contributed by atoms with Gasteiger partial charge in [0.05, 0.1) is 23.6 Å². The summed E-state index contributed by atoms with van der Waals surface area (Å²) < 4.78 is 7.24. The number of fused-ring (bicyclic) bond motifs is 3. The van der Waals surface area contributed by atoms with Gasteiger partial charge in [0.2, 0.25) is 29.0 Å². The fourth-order valence-electron chi connectivity index (χ4n) is 5.80. The highest BCUT2D eigenvalue weighted by Crippen LogP contribution is 2.57. The lowest BCUT2D eigenvalue weighted by molar-refractivity contribution is -0.127. The molecule has 2 heterocycles. The molecule has 2 aliphatic heterocycles. The van der Waals surface area contributed by atoms with Gasteiger partial charge in [0.1, 0.15) is 0 Å². The highest BCUT2D eigenvalue weighted by Gasteiger charge is 2.74. The van der Waals surface area contributed by atoms with Crippen LogP contribution in [-0.4, -0.2) is 29.0 Å². The third-order valence-corrected chi connectivity index (χ3v) is 7.96. The molecule has 0 saturated carbocycles. The highest BCUT2D eigenvalue weighted by atomic mass is 127. The van der Waals surface area contributed by atoms with E-state index in [-0.39, 0.29) is 11.1 Å². The number of hydrogen-bond acceptors (Lipinski definition) is 5. The Kier molecular flexibility index (Phi) is 4.88. The van der Waals surface area contributed by atoms with Gasteiger partial charge in [-0.25, -0.2) is 4.90 Å². The maximum atomic E-state index is 14.0. The minimum atomic E-state index is -2.06. The van der Waals surface area contributed by atoms with Crippen LogP contribution in [0.5, 0.6) is 0 Å². The second kappa shape index (κ2) is 7.66. The van der Waals surface area contributed by atoms with Crippen LogP contribution in [0.15, 0.2) is 66.7 Å². The van der Waals surface area contributed by atoms with Crippen LogP contribution in [0.2, 0.25) is 0 Å². The molecule has 3 aromatic rings. The molecular formula is C28H20INO5. The summed E-state index contributed by atoms with van der Waals surface area (Å²) in [5, 5.41) is 0. The normalized spacial score (nSPS) is 24.4. The number of ether oxygens (including phenoxy) is 1. The fourth-order valence-corrected chi connectivity index (χ4v) is 6.36. The molecule has 1 aliphatic carbocycles. The molecule has 2 saturated heterocycles. The van der Waals surface area contributed by atoms with Gasteiger partial charge in [-0.2, -0.15) is 0 Å². The van der Waals surface area contributed by atoms with Crippen LogP contribution in [0.4, 0.5) is 5.69 Å². The average molecular weight is 577 g/mol. The Morgan fingerprint density at radius 1 is 0.829 bits per heavy atom. The average Bonchev–Trinajstić information content (AvgIpc) is 3.40. The van der Waals surface area contributed by atoms with Crippen LogP contribution < -0.4 is 4.90 Å². The molecule has 0 aromatic heterocycles. The molecule has 2 amide bonds. The monoisotopic (exact) mass is 577 g/mol. The molecule has 3 aliphatic rings. The number of carbonyl (C=O) groups is 4. The number of carbonyl (C=O) groups excluding carboxylic acids is 4. The lowest BCUT2D eigenvalue weighted by Gasteiger charge is -2.27. The number of benzene rings is 3. The van der Waals surface area contributed by atoms with Crippen molar-refractivity contribution in [3.05, 3.63) is 98.1 Å². The number of halogens is 1. The molecule has 174 valence electrons. The Labute approximate surface area is 215 Å². The SMILES string of the molecule is Cc1ccc(N2C(=O)C3C(c4cccc(I)c4)OC4(C(=O)c5ccccc5C4=O)C3C2=O)c(C)c1. The predicted octanol–water partition coefficient (Wildman–Crippen LogP) is 4.60. The summed E-state index contributed by atoms with van der Waals surface area (Å²) in [6, 6.07) is 19.4. The number of ketones is 2. The number of Topliss-reactive ketones (excluding diaryl/α,β-unsaturated/α-hetero) is 2. The van der Waals surface area contributed by atoms with E-state index in [1.54, 1.807) is 36.4 Å². The summed E-state index contributed by atoms with van der Waals surface area (Å²) in [6.07, 6.45) is -0.913. The molecule has 3 aromatic carbocycles. The highest BCUT2D eigenvalue weighted by molar-refractivity contribution is 14.1. The van der Waals surface area contributed by atoms with Crippen molar-refractivity contribution in [1.82, 2.24) is 0 Å². The number of imide groups is 1. The maximum absolute atomic E-state index is 14.0. The summed E-state index contributed by atoms with van der Waals surface area (Å²) in [5.41, 5.74) is 1.28. The van der Waals surface area contributed by atoms with E-state index >= 15 is 0 Å². The summed E-state index contributed by atoms with van der Waals surface area (Å²) in [4.78, 5) is 56.7. The molecule has 7 heteroatoms. The molecular weight excluding hydrogens is 557 g/mol. The number of anilines is 1. The van der Waals surface area contributed by atoms with Crippen molar-refractivity contribution in [3.8, 4) is 0 Å². The first-order chi connectivity index (χ1) is 16.8. The zero-order valence-electron chi connectivity index (χ0n) is 18.9. The molecule has 6 rings (SSSR count). The Balaban J connectivity index is 1.56. The first-order valence-corrected chi connectivity index (χ1v) is 12.4. The van der Waals surface area contributed by atoms with Gasteiger partial charge in [0.25, 0.3) is 0 Å². The summed E-state index contributed by atoms with van der Waals surface area (Å²) in [6.45, 7) is 3.77. The van der Waals surface area contributed by atoms with Crippen LogP contribution in [0.3, 0.4) is 0 Å². The zero-order chi connectivity index (χ0) is 24.6. The largest absolute Gasteiger partial charge is 0.349 e. The van der Waals surface area contributed by atoms with Gasteiger partial charge in [-0.1, -0.05) is 54.1 Å². The van der Waals surface area contributed by atoms with E-state index in [1.807, 2.05) is 44.2 Å². The van der Waals surface area contributed by atoms with Crippen molar-refractivity contribution in [2.24, 2.45) is 11.8 Å². The van der Waals surface area contributed by atoms with Crippen LogP contribution in [0, 0.1) is 29.3 Å². The van der Waals surface area contributed by atoms with Crippen molar-refractivity contribution in [3.63, 3.8) is 0 Å². The Bertz CT molecular complexity index is 1440. The van der Waals surface area contributed by atoms with Gasteiger partial charge in [-0.3, -0.25) is 19.2 Å². The molecule has 0 radical (unpaired) electrons. The molecule has 0 bridgehead atoms. The standard InChI is InChI=1S/C28H20INO5/c1-14-10-11-20(15(2)12-14)30-26(33)21-22(27(30)34)28(35-23(21)16-6-5-7-17(29)13-16)24(31)18-8-3-4-9-19(18)25(28)32/h3-13,21-23H,1-2H3. The minimum absolute atomic E-state index is 0.227. The van der Waals surface area contributed by atoms with Gasteiger partial charge >= 0.3 is 0 Å². The molecule has 1 spiro atoms. The predicted molar refractivity (Wildman–Crippen MR) is 136 cm³/mol. The molecule has 2 fully saturated rings. The maximum Gasteiger partial charge on any atom is 0.241 e. The number of hydrogen-bond donors (Lipinski definition) is 0. The van der Waals surface area contributed by atoms with Gasteiger partial charge < -0.3 is 4.74 Å². The van der Waals surface area contributed by atoms with E-state index < -0.39 is 46.9 Å². The van der Waals surface area contributed by atoms with E-state index in [2.05, 4.69) is 22.6 Å². The lowest BCUT2D eigenvalue weighted by Crippen LogP contribution is -2.51. The number of nitrogens with zero attached hydrogens (tertiary/aromatic N) is 1. The minimum Gasteiger partial charge on any atom is -0.349 e. The topological polar surface area (TPSA) is 80.8 Å². The Morgan fingerprint density at radius 3 is 2.14 bits per heavy atom. The third kappa shape index (κ3) is 2.91. The Hall–Kier alpha value is -3.17.